The maximum Gasteiger partial charge on any atom is 0.251 e. The summed E-state index contributed by atoms with van der Waals surface area (Å²) in [7, 11) is 0. The van der Waals surface area contributed by atoms with E-state index in [0.717, 1.165) is 17.1 Å². The zero-order valence-corrected chi connectivity index (χ0v) is 12.9. The van der Waals surface area contributed by atoms with Crippen molar-refractivity contribution in [2.45, 2.75) is 13.0 Å². The smallest absolute Gasteiger partial charge is 0.251 e. The normalized spacial score (nSPS) is 14.3. The van der Waals surface area contributed by atoms with Gasteiger partial charge in [-0.1, -0.05) is 17.7 Å². The number of amides is 1. The minimum atomic E-state index is -0.140. The molecule has 2 aromatic rings. The summed E-state index contributed by atoms with van der Waals surface area (Å²) < 4.78 is 11.1. The van der Waals surface area contributed by atoms with Gasteiger partial charge in [0.25, 0.3) is 5.91 Å². The Balaban J connectivity index is 1.72. The Bertz CT molecular complexity index is 685. The summed E-state index contributed by atoms with van der Waals surface area (Å²) in [5.74, 6) is 1.32. The van der Waals surface area contributed by atoms with Crippen molar-refractivity contribution in [3.63, 3.8) is 0 Å². The van der Waals surface area contributed by atoms with Crippen LogP contribution in [0.1, 0.15) is 28.9 Å². The van der Waals surface area contributed by atoms with E-state index in [-0.39, 0.29) is 11.9 Å². The van der Waals surface area contributed by atoms with Gasteiger partial charge in [0.2, 0.25) is 0 Å². The van der Waals surface area contributed by atoms with E-state index in [2.05, 4.69) is 5.32 Å². The van der Waals surface area contributed by atoms with Gasteiger partial charge in [-0.25, -0.2) is 0 Å². The third kappa shape index (κ3) is 3.17. The Morgan fingerprint density at radius 2 is 1.77 bits per heavy atom. The van der Waals surface area contributed by atoms with Crippen LogP contribution in [-0.4, -0.2) is 19.1 Å². The maximum absolute atomic E-state index is 12.2. The van der Waals surface area contributed by atoms with Gasteiger partial charge in [0.1, 0.15) is 13.2 Å². The van der Waals surface area contributed by atoms with Crippen molar-refractivity contribution in [2.75, 3.05) is 13.2 Å². The highest BCUT2D eigenvalue weighted by Crippen LogP contribution is 2.32. The second-order valence-electron chi connectivity index (χ2n) is 5.11. The van der Waals surface area contributed by atoms with Gasteiger partial charge in [-0.2, -0.15) is 0 Å². The first-order valence-corrected chi connectivity index (χ1v) is 7.47. The van der Waals surface area contributed by atoms with E-state index in [0.29, 0.717) is 23.8 Å². The van der Waals surface area contributed by atoms with Gasteiger partial charge in [-0.05, 0) is 48.9 Å². The van der Waals surface area contributed by atoms with Crippen LogP contribution in [0.2, 0.25) is 5.02 Å². The fourth-order valence-electron chi connectivity index (χ4n) is 2.29. The molecule has 0 bridgehead atoms. The fraction of sp³-hybridized carbons (Fsp3) is 0.235. The van der Waals surface area contributed by atoms with Crippen LogP contribution in [0, 0.1) is 0 Å². The summed E-state index contributed by atoms with van der Waals surface area (Å²) in [5, 5.41) is 3.57. The number of benzene rings is 2. The predicted molar refractivity (Wildman–Crippen MR) is 84.8 cm³/mol. The van der Waals surface area contributed by atoms with Crippen molar-refractivity contribution in [1.29, 1.82) is 0 Å². The summed E-state index contributed by atoms with van der Waals surface area (Å²) in [6.07, 6.45) is 0. The maximum atomic E-state index is 12.2. The number of hydrogen-bond donors (Lipinski definition) is 1. The molecule has 114 valence electrons. The highest BCUT2D eigenvalue weighted by atomic mass is 35.5. The molecular formula is C17H16ClNO3. The Morgan fingerprint density at radius 3 is 2.50 bits per heavy atom. The number of nitrogens with one attached hydrogen (secondary N) is 1. The molecule has 1 aliphatic heterocycles. The Hall–Kier alpha value is -2.20. The highest BCUT2D eigenvalue weighted by Gasteiger charge is 2.16. The van der Waals surface area contributed by atoms with Gasteiger partial charge < -0.3 is 14.8 Å². The monoisotopic (exact) mass is 317 g/mol. The quantitative estimate of drug-likeness (QED) is 0.941. The molecule has 1 aliphatic rings. The summed E-state index contributed by atoms with van der Waals surface area (Å²) >= 11 is 5.83. The van der Waals surface area contributed by atoms with Gasteiger partial charge >= 0.3 is 0 Å². The molecule has 22 heavy (non-hydrogen) atoms. The zero-order valence-electron chi connectivity index (χ0n) is 12.1. The second kappa shape index (κ2) is 6.28. The molecule has 1 heterocycles. The molecule has 0 saturated heterocycles. The molecule has 0 fully saturated rings. The summed E-state index contributed by atoms with van der Waals surface area (Å²) in [5.41, 5.74) is 1.54. The SMILES string of the molecule is C[C@H](NC(=O)c1ccc(Cl)cc1)c1ccc2c(c1)OCCO2. The summed E-state index contributed by atoms with van der Waals surface area (Å²) in [4.78, 5) is 12.2. The first-order valence-electron chi connectivity index (χ1n) is 7.09. The van der Waals surface area contributed by atoms with Crippen LogP contribution in [0.3, 0.4) is 0 Å². The molecule has 0 aliphatic carbocycles. The number of halogens is 1. The van der Waals surface area contributed by atoms with Gasteiger partial charge in [0.05, 0.1) is 6.04 Å². The number of ether oxygens (including phenoxy) is 2. The average molecular weight is 318 g/mol. The average Bonchev–Trinajstić information content (AvgIpc) is 2.55. The van der Waals surface area contributed by atoms with Crippen molar-refractivity contribution in [3.05, 3.63) is 58.6 Å². The van der Waals surface area contributed by atoms with E-state index >= 15 is 0 Å². The van der Waals surface area contributed by atoms with Crippen LogP contribution < -0.4 is 14.8 Å². The van der Waals surface area contributed by atoms with Crippen LogP contribution in [0.4, 0.5) is 0 Å². The van der Waals surface area contributed by atoms with Crippen molar-refractivity contribution in [1.82, 2.24) is 5.32 Å². The van der Waals surface area contributed by atoms with E-state index in [1.165, 1.54) is 0 Å². The van der Waals surface area contributed by atoms with Crippen LogP contribution in [0.5, 0.6) is 11.5 Å². The van der Waals surface area contributed by atoms with Crippen LogP contribution in [0.25, 0.3) is 0 Å². The van der Waals surface area contributed by atoms with Crippen LogP contribution in [-0.2, 0) is 0 Å². The van der Waals surface area contributed by atoms with Crippen molar-refractivity contribution >= 4 is 17.5 Å². The van der Waals surface area contributed by atoms with Crippen LogP contribution in [0.15, 0.2) is 42.5 Å². The number of carbonyl (C=O) groups is 1. The molecular weight excluding hydrogens is 302 g/mol. The first kappa shape index (κ1) is 14.7. The van der Waals surface area contributed by atoms with E-state index in [1.807, 2.05) is 25.1 Å². The zero-order chi connectivity index (χ0) is 15.5. The largest absolute Gasteiger partial charge is 0.486 e. The molecule has 0 spiro atoms. The third-order valence-corrected chi connectivity index (χ3v) is 3.77. The number of hydrogen-bond acceptors (Lipinski definition) is 3. The van der Waals surface area contributed by atoms with Gasteiger partial charge in [-0.15, -0.1) is 0 Å². The number of rotatable bonds is 3. The molecule has 1 atom stereocenters. The minimum absolute atomic E-state index is 0.140. The van der Waals surface area contributed by atoms with Crippen molar-refractivity contribution in [3.8, 4) is 11.5 Å². The molecule has 0 unspecified atom stereocenters. The highest BCUT2D eigenvalue weighted by molar-refractivity contribution is 6.30. The standard InChI is InChI=1S/C17H16ClNO3/c1-11(19-17(20)12-2-5-14(18)6-3-12)13-4-7-15-16(10-13)22-9-8-21-15/h2-7,10-11H,8-9H2,1H3,(H,19,20)/t11-/m0/s1. The molecule has 0 saturated carbocycles. The van der Waals surface area contributed by atoms with Crippen LogP contribution >= 0.6 is 11.6 Å². The van der Waals surface area contributed by atoms with Gasteiger partial charge in [-0.3, -0.25) is 4.79 Å². The molecule has 1 N–H and O–H groups in total. The summed E-state index contributed by atoms with van der Waals surface area (Å²) in [6.45, 7) is 3.04. The topological polar surface area (TPSA) is 47.6 Å². The lowest BCUT2D eigenvalue weighted by Gasteiger charge is -2.21. The molecule has 0 radical (unpaired) electrons. The predicted octanol–water partition coefficient (Wildman–Crippen LogP) is 3.60. The molecule has 3 rings (SSSR count). The lowest BCUT2D eigenvalue weighted by Crippen LogP contribution is -2.26. The first-order chi connectivity index (χ1) is 10.6. The van der Waals surface area contributed by atoms with Gasteiger partial charge in [0.15, 0.2) is 11.5 Å². The Morgan fingerprint density at radius 1 is 1.09 bits per heavy atom. The molecule has 5 heteroatoms. The lowest BCUT2D eigenvalue weighted by atomic mass is 10.1. The van der Waals surface area contributed by atoms with E-state index < -0.39 is 0 Å². The molecule has 1 amide bonds. The fourth-order valence-corrected chi connectivity index (χ4v) is 2.42. The molecule has 4 nitrogen and oxygen atoms in total. The van der Waals surface area contributed by atoms with E-state index in [4.69, 9.17) is 21.1 Å². The van der Waals surface area contributed by atoms with Crippen molar-refractivity contribution < 1.29 is 14.3 Å². The Labute approximate surface area is 134 Å². The Kier molecular flexibility index (Phi) is 4.20. The lowest BCUT2D eigenvalue weighted by molar-refractivity contribution is 0.0939. The molecule has 2 aromatic carbocycles. The number of fused-ring (bicyclic) bond motifs is 1. The molecule has 0 aromatic heterocycles. The van der Waals surface area contributed by atoms with Crippen molar-refractivity contribution in [2.24, 2.45) is 0 Å². The van der Waals surface area contributed by atoms with E-state index in [9.17, 15) is 4.79 Å². The second-order valence-corrected chi connectivity index (χ2v) is 5.54. The van der Waals surface area contributed by atoms with E-state index in [1.54, 1.807) is 24.3 Å². The summed E-state index contributed by atoms with van der Waals surface area (Å²) in [6, 6.07) is 12.4. The minimum Gasteiger partial charge on any atom is -0.486 e. The van der Waals surface area contributed by atoms with Gasteiger partial charge in [0, 0.05) is 10.6 Å². The number of carbonyl (C=O) groups excluding carboxylic acids is 1. The third-order valence-electron chi connectivity index (χ3n) is 3.52.